The highest BCUT2D eigenvalue weighted by molar-refractivity contribution is 7.89. The van der Waals surface area contributed by atoms with E-state index >= 15 is 0 Å². The highest BCUT2D eigenvalue weighted by Crippen LogP contribution is 2.26. The zero-order valence-electron chi connectivity index (χ0n) is 14.8. The van der Waals surface area contributed by atoms with Crippen LogP contribution in [0, 0.1) is 0 Å². The molecule has 0 bridgehead atoms. The highest BCUT2D eigenvalue weighted by Gasteiger charge is 2.28. The zero-order chi connectivity index (χ0) is 19.4. The molecule has 1 aromatic carbocycles. The van der Waals surface area contributed by atoms with Crippen molar-refractivity contribution in [1.82, 2.24) is 24.5 Å². The quantitative estimate of drug-likeness (QED) is 0.637. The Kier molecular flexibility index (Phi) is 6.08. The molecule has 0 saturated carbocycles. The van der Waals surface area contributed by atoms with Gasteiger partial charge in [-0.05, 0) is 47.9 Å². The molecule has 27 heavy (non-hydrogen) atoms. The van der Waals surface area contributed by atoms with Crippen molar-refractivity contribution in [3.8, 4) is 0 Å². The molecule has 146 valence electrons. The lowest BCUT2D eigenvalue weighted by molar-refractivity contribution is 0.0456. The normalized spacial score (nSPS) is 15.2. The van der Waals surface area contributed by atoms with Gasteiger partial charge in [0.05, 0.1) is 15.5 Å². The maximum absolute atomic E-state index is 12.7. The Morgan fingerprint density at radius 1 is 1.30 bits per heavy atom. The Morgan fingerprint density at radius 2 is 2.04 bits per heavy atom. The summed E-state index contributed by atoms with van der Waals surface area (Å²) in [5.74, 6) is -0.327. The minimum Gasteiger partial charge on any atom is -0.454 e. The first-order valence-electron chi connectivity index (χ1n) is 8.65. The van der Waals surface area contributed by atoms with Crippen molar-refractivity contribution in [3.05, 3.63) is 34.6 Å². The summed E-state index contributed by atoms with van der Waals surface area (Å²) in [5.41, 5.74) is -0.00791. The van der Waals surface area contributed by atoms with E-state index in [4.69, 9.17) is 16.3 Å². The van der Waals surface area contributed by atoms with Gasteiger partial charge in [0, 0.05) is 19.6 Å². The largest absolute Gasteiger partial charge is 0.454 e. The lowest BCUT2D eigenvalue weighted by Gasteiger charge is -2.16. The number of rotatable bonds is 7. The SMILES string of the molecule is CCCn1nnnc1COC(=O)c1cc(S(=O)(=O)N2CCCC2)ccc1Cl. The molecule has 0 unspecified atom stereocenters. The number of nitrogens with zero attached hydrogens (tertiary/aromatic N) is 5. The summed E-state index contributed by atoms with van der Waals surface area (Å²) < 4.78 is 33.6. The number of hydrogen-bond acceptors (Lipinski definition) is 7. The number of ether oxygens (including phenoxy) is 1. The van der Waals surface area contributed by atoms with Crippen LogP contribution in [0.5, 0.6) is 0 Å². The molecule has 0 atom stereocenters. The van der Waals surface area contributed by atoms with Crippen molar-refractivity contribution in [3.63, 3.8) is 0 Å². The van der Waals surface area contributed by atoms with E-state index in [-0.39, 0.29) is 22.1 Å². The van der Waals surface area contributed by atoms with Gasteiger partial charge in [0.2, 0.25) is 10.0 Å². The van der Waals surface area contributed by atoms with Gasteiger partial charge in [-0.15, -0.1) is 5.10 Å². The van der Waals surface area contributed by atoms with E-state index in [9.17, 15) is 13.2 Å². The number of aryl methyl sites for hydroxylation is 1. The lowest BCUT2D eigenvalue weighted by Crippen LogP contribution is -2.28. The number of aromatic nitrogens is 4. The van der Waals surface area contributed by atoms with Crippen LogP contribution in [0.2, 0.25) is 5.02 Å². The van der Waals surface area contributed by atoms with Gasteiger partial charge in [-0.25, -0.2) is 17.9 Å². The van der Waals surface area contributed by atoms with Crippen molar-refractivity contribution in [2.24, 2.45) is 0 Å². The van der Waals surface area contributed by atoms with Crippen LogP contribution in [-0.2, 0) is 27.9 Å². The van der Waals surface area contributed by atoms with Gasteiger partial charge in [0.1, 0.15) is 0 Å². The number of carbonyl (C=O) groups excluding carboxylic acids is 1. The highest BCUT2D eigenvalue weighted by atomic mass is 35.5. The van der Waals surface area contributed by atoms with Gasteiger partial charge in [0.25, 0.3) is 0 Å². The van der Waals surface area contributed by atoms with E-state index in [0.29, 0.717) is 25.5 Å². The van der Waals surface area contributed by atoms with Crippen molar-refractivity contribution >= 4 is 27.6 Å². The van der Waals surface area contributed by atoms with Crippen molar-refractivity contribution in [2.75, 3.05) is 13.1 Å². The summed E-state index contributed by atoms with van der Waals surface area (Å²) in [5, 5.41) is 11.3. The smallest absolute Gasteiger partial charge is 0.340 e. The lowest BCUT2D eigenvalue weighted by atomic mass is 10.2. The molecule has 0 amide bonds. The maximum atomic E-state index is 12.7. The topological polar surface area (TPSA) is 107 Å². The van der Waals surface area contributed by atoms with E-state index in [2.05, 4.69) is 15.5 Å². The second kappa shape index (κ2) is 8.32. The Morgan fingerprint density at radius 3 is 2.74 bits per heavy atom. The molecule has 11 heteroatoms. The van der Waals surface area contributed by atoms with Crippen LogP contribution < -0.4 is 0 Å². The first kappa shape index (κ1) is 19.7. The molecule has 3 rings (SSSR count). The van der Waals surface area contributed by atoms with Crippen LogP contribution in [-0.4, -0.2) is 52.0 Å². The Balaban J connectivity index is 1.77. The monoisotopic (exact) mass is 413 g/mol. The first-order valence-corrected chi connectivity index (χ1v) is 10.5. The first-order chi connectivity index (χ1) is 12.9. The maximum Gasteiger partial charge on any atom is 0.340 e. The number of esters is 1. The molecule has 0 spiro atoms. The molecular weight excluding hydrogens is 394 g/mol. The molecule has 0 N–H and O–H groups in total. The van der Waals surface area contributed by atoms with Crippen LogP contribution >= 0.6 is 11.6 Å². The molecule has 2 heterocycles. The average Bonchev–Trinajstić information content (AvgIpc) is 3.32. The summed E-state index contributed by atoms with van der Waals surface area (Å²) in [6.07, 6.45) is 2.48. The predicted octanol–water partition coefficient (Wildman–Crippen LogP) is 1.88. The number of benzene rings is 1. The zero-order valence-corrected chi connectivity index (χ0v) is 16.4. The van der Waals surface area contributed by atoms with Gasteiger partial charge in [-0.2, -0.15) is 4.31 Å². The molecule has 1 aliphatic heterocycles. The Labute approximate surface area is 162 Å². The number of halogens is 1. The fourth-order valence-electron chi connectivity index (χ4n) is 2.82. The molecule has 9 nitrogen and oxygen atoms in total. The summed E-state index contributed by atoms with van der Waals surface area (Å²) in [7, 11) is -3.65. The van der Waals surface area contributed by atoms with Gasteiger partial charge >= 0.3 is 5.97 Å². The van der Waals surface area contributed by atoms with E-state index in [0.717, 1.165) is 19.3 Å². The average molecular weight is 414 g/mol. The summed E-state index contributed by atoms with van der Waals surface area (Å²) in [6.45, 7) is 3.40. The van der Waals surface area contributed by atoms with Crippen LogP contribution in [0.3, 0.4) is 0 Å². The number of tetrazole rings is 1. The van der Waals surface area contributed by atoms with Crippen LogP contribution in [0.4, 0.5) is 0 Å². The van der Waals surface area contributed by atoms with Crippen LogP contribution in [0.25, 0.3) is 0 Å². The molecule has 1 fully saturated rings. The van der Waals surface area contributed by atoms with Gasteiger partial charge < -0.3 is 4.74 Å². The summed E-state index contributed by atoms with van der Waals surface area (Å²) in [6, 6.07) is 4.05. The molecule has 0 aliphatic carbocycles. The van der Waals surface area contributed by atoms with Gasteiger partial charge in [-0.3, -0.25) is 0 Å². The molecule has 1 saturated heterocycles. The van der Waals surface area contributed by atoms with Crippen molar-refractivity contribution in [2.45, 2.75) is 44.2 Å². The molecule has 1 aromatic heterocycles. The van der Waals surface area contributed by atoms with Crippen molar-refractivity contribution < 1.29 is 17.9 Å². The van der Waals surface area contributed by atoms with Gasteiger partial charge in [-0.1, -0.05) is 18.5 Å². The van der Waals surface area contributed by atoms with Gasteiger partial charge in [0.15, 0.2) is 12.4 Å². The second-order valence-electron chi connectivity index (χ2n) is 6.15. The number of sulfonamides is 1. The second-order valence-corrected chi connectivity index (χ2v) is 8.49. The Hall–Kier alpha value is -2.04. The third kappa shape index (κ3) is 4.28. The molecule has 1 aliphatic rings. The standard InChI is InChI=1S/C16H20ClN5O4S/c1-2-7-22-15(18-19-20-22)11-26-16(23)13-10-12(5-6-14(13)17)27(24,25)21-8-3-4-9-21/h5-6,10H,2-4,7-9,11H2,1H3. The molecule has 0 radical (unpaired) electrons. The molecular formula is C16H20ClN5O4S. The third-order valence-electron chi connectivity index (χ3n) is 4.23. The predicted molar refractivity (Wildman–Crippen MR) is 96.7 cm³/mol. The minimum absolute atomic E-state index is 0.00791. The van der Waals surface area contributed by atoms with E-state index < -0.39 is 16.0 Å². The fourth-order valence-corrected chi connectivity index (χ4v) is 4.56. The third-order valence-corrected chi connectivity index (χ3v) is 6.46. The van der Waals surface area contributed by atoms with Crippen molar-refractivity contribution in [1.29, 1.82) is 0 Å². The minimum atomic E-state index is -3.65. The van der Waals surface area contributed by atoms with E-state index in [1.54, 1.807) is 4.68 Å². The van der Waals surface area contributed by atoms with E-state index in [1.807, 2.05) is 6.92 Å². The van der Waals surface area contributed by atoms with Crippen LogP contribution in [0.15, 0.2) is 23.1 Å². The fraction of sp³-hybridized carbons (Fsp3) is 0.500. The van der Waals surface area contributed by atoms with E-state index in [1.165, 1.54) is 22.5 Å². The number of carbonyl (C=O) groups is 1. The number of hydrogen-bond donors (Lipinski definition) is 0. The summed E-state index contributed by atoms with van der Waals surface area (Å²) in [4.78, 5) is 12.5. The Bertz CT molecular complexity index is 925. The summed E-state index contributed by atoms with van der Waals surface area (Å²) >= 11 is 6.09. The van der Waals surface area contributed by atoms with Crippen LogP contribution in [0.1, 0.15) is 42.4 Å². The molecule has 2 aromatic rings.